The summed E-state index contributed by atoms with van der Waals surface area (Å²) in [6.07, 6.45) is 1.91. The van der Waals surface area contributed by atoms with Gasteiger partial charge in [-0.3, -0.25) is 14.5 Å². The van der Waals surface area contributed by atoms with Crippen LogP contribution >= 0.6 is 15.9 Å². The summed E-state index contributed by atoms with van der Waals surface area (Å²) in [5.74, 6) is -0.993. The highest BCUT2D eigenvalue weighted by molar-refractivity contribution is 9.10. The van der Waals surface area contributed by atoms with E-state index < -0.39 is 17.7 Å². The third-order valence-electron chi connectivity index (χ3n) is 6.14. The number of ketones is 1. The molecule has 1 aliphatic rings. The van der Waals surface area contributed by atoms with Crippen LogP contribution in [0.15, 0.2) is 89.0 Å². The lowest BCUT2D eigenvalue weighted by molar-refractivity contribution is -0.132. The van der Waals surface area contributed by atoms with Crippen LogP contribution in [0.3, 0.4) is 0 Å². The molecule has 1 atom stereocenters. The fourth-order valence-corrected chi connectivity index (χ4v) is 4.75. The lowest BCUT2D eigenvalue weighted by atomic mass is 9.95. The molecule has 6 nitrogen and oxygen atoms in total. The lowest BCUT2D eigenvalue weighted by Crippen LogP contribution is -2.29. The number of benzene rings is 3. The molecular formula is C27H21BrN2O4. The predicted molar refractivity (Wildman–Crippen MR) is 135 cm³/mol. The van der Waals surface area contributed by atoms with Gasteiger partial charge in [0, 0.05) is 45.4 Å². The highest BCUT2D eigenvalue weighted by atomic mass is 79.9. The maximum atomic E-state index is 13.4. The number of aliphatic hydroxyl groups excluding tert-OH is 1. The van der Waals surface area contributed by atoms with Crippen LogP contribution in [-0.4, -0.2) is 28.5 Å². The fraction of sp³-hybridized carbons (Fsp3) is 0.111. The first-order chi connectivity index (χ1) is 16.4. The van der Waals surface area contributed by atoms with Crippen LogP contribution in [0.4, 0.5) is 5.69 Å². The Morgan fingerprint density at radius 1 is 0.971 bits per heavy atom. The average molecular weight is 517 g/mol. The third kappa shape index (κ3) is 3.49. The highest BCUT2D eigenvalue weighted by Crippen LogP contribution is 2.44. The Hall–Kier alpha value is -3.84. The molecule has 1 amide bonds. The van der Waals surface area contributed by atoms with Crippen molar-refractivity contribution in [2.75, 3.05) is 12.0 Å². The molecule has 0 bridgehead atoms. The molecule has 1 N–H and O–H groups in total. The molecule has 0 radical (unpaired) electrons. The van der Waals surface area contributed by atoms with E-state index in [1.807, 2.05) is 42.1 Å². The number of Topliss-reactive ketones (excluding diaryl/α,β-unsaturated/α-hetero) is 1. The quantitative estimate of drug-likeness (QED) is 0.218. The zero-order valence-corrected chi connectivity index (χ0v) is 20.1. The number of carbonyl (C=O) groups is 2. The van der Waals surface area contributed by atoms with E-state index in [0.717, 1.165) is 20.9 Å². The van der Waals surface area contributed by atoms with Crippen molar-refractivity contribution in [3.63, 3.8) is 0 Å². The van der Waals surface area contributed by atoms with Gasteiger partial charge in [0.15, 0.2) is 0 Å². The van der Waals surface area contributed by atoms with Gasteiger partial charge in [-0.25, -0.2) is 0 Å². The Labute approximate surface area is 204 Å². The number of methoxy groups -OCH3 is 1. The molecule has 4 aromatic rings. The number of rotatable bonds is 4. The molecule has 2 heterocycles. The highest BCUT2D eigenvalue weighted by Gasteiger charge is 2.47. The van der Waals surface area contributed by atoms with Gasteiger partial charge in [-0.05, 0) is 42.5 Å². The molecule has 170 valence electrons. The van der Waals surface area contributed by atoms with E-state index in [4.69, 9.17) is 4.74 Å². The fourth-order valence-electron chi connectivity index (χ4n) is 4.49. The number of aryl methyl sites for hydroxylation is 1. The number of para-hydroxylation sites is 1. The minimum atomic E-state index is -0.803. The molecule has 0 aliphatic carbocycles. The van der Waals surface area contributed by atoms with E-state index in [1.54, 1.807) is 55.6 Å². The molecule has 5 rings (SSSR count). The molecule has 1 fully saturated rings. The van der Waals surface area contributed by atoms with Crippen molar-refractivity contribution in [2.45, 2.75) is 6.04 Å². The second kappa shape index (κ2) is 8.50. The number of ether oxygens (including phenoxy) is 1. The first kappa shape index (κ1) is 22.0. The molecule has 3 aromatic carbocycles. The summed E-state index contributed by atoms with van der Waals surface area (Å²) in [7, 11) is 3.48. The van der Waals surface area contributed by atoms with Crippen LogP contribution in [0.25, 0.3) is 16.7 Å². The minimum absolute atomic E-state index is 0.0551. The second-order valence-electron chi connectivity index (χ2n) is 8.09. The van der Waals surface area contributed by atoms with Gasteiger partial charge in [-0.15, -0.1) is 0 Å². The van der Waals surface area contributed by atoms with Gasteiger partial charge in [-0.2, -0.15) is 0 Å². The largest absolute Gasteiger partial charge is 0.507 e. The normalized spacial score (nSPS) is 17.5. The van der Waals surface area contributed by atoms with Crippen molar-refractivity contribution in [2.24, 2.45) is 7.05 Å². The van der Waals surface area contributed by atoms with Gasteiger partial charge in [0.2, 0.25) is 0 Å². The monoisotopic (exact) mass is 516 g/mol. The SMILES string of the molecule is COc1ccc(N2C(=O)C(=O)/C(=C(/O)c3ccc(Br)cc3)C2c2cn(C)c3ccccc23)cc1. The zero-order chi connectivity index (χ0) is 24.0. The molecule has 0 spiro atoms. The summed E-state index contributed by atoms with van der Waals surface area (Å²) in [5, 5.41) is 12.2. The van der Waals surface area contributed by atoms with E-state index in [9.17, 15) is 14.7 Å². The number of aromatic nitrogens is 1. The van der Waals surface area contributed by atoms with Crippen molar-refractivity contribution >= 4 is 50.0 Å². The number of carbonyl (C=O) groups excluding carboxylic acids is 2. The number of hydrogen-bond donors (Lipinski definition) is 1. The number of amides is 1. The summed E-state index contributed by atoms with van der Waals surface area (Å²) in [6, 6.07) is 20.9. The number of aliphatic hydroxyl groups is 1. The van der Waals surface area contributed by atoms with Gasteiger partial charge in [0.25, 0.3) is 11.7 Å². The molecule has 1 aliphatic heterocycles. The standard InChI is InChI=1S/C27H21BrN2O4/c1-29-15-21(20-5-3-4-6-22(20)29)24-23(25(31)16-7-9-17(28)10-8-16)26(32)27(33)30(24)18-11-13-19(34-2)14-12-18/h3-15,24,31H,1-2H3/b25-23+. The molecule has 1 unspecified atom stereocenters. The molecular weight excluding hydrogens is 496 g/mol. The number of nitrogens with zero attached hydrogens (tertiary/aromatic N) is 2. The second-order valence-corrected chi connectivity index (χ2v) is 9.00. The van der Waals surface area contributed by atoms with Crippen LogP contribution in [-0.2, 0) is 16.6 Å². The first-order valence-electron chi connectivity index (χ1n) is 10.7. The van der Waals surface area contributed by atoms with Crippen LogP contribution in [0.1, 0.15) is 17.2 Å². The number of halogens is 1. The maximum Gasteiger partial charge on any atom is 0.300 e. The number of hydrogen-bond acceptors (Lipinski definition) is 4. The number of anilines is 1. The van der Waals surface area contributed by atoms with Crippen molar-refractivity contribution in [1.82, 2.24) is 4.57 Å². The van der Waals surface area contributed by atoms with E-state index >= 15 is 0 Å². The smallest absolute Gasteiger partial charge is 0.300 e. The summed E-state index contributed by atoms with van der Waals surface area (Å²) in [4.78, 5) is 28.2. The average Bonchev–Trinajstić information content (AvgIpc) is 3.32. The summed E-state index contributed by atoms with van der Waals surface area (Å²) < 4.78 is 8.05. The van der Waals surface area contributed by atoms with Crippen LogP contribution in [0.2, 0.25) is 0 Å². The van der Waals surface area contributed by atoms with E-state index in [1.165, 1.54) is 4.90 Å². The first-order valence-corrected chi connectivity index (χ1v) is 11.4. The number of fused-ring (bicyclic) bond motifs is 1. The van der Waals surface area contributed by atoms with Gasteiger partial charge in [-0.1, -0.05) is 46.3 Å². The predicted octanol–water partition coefficient (Wildman–Crippen LogP) is 5.58. The molecule has 0 saturated carbocycles. The Morgan fingerprint density at radius 2 is 1.65 bits per heavy atom. The van der Waals surface area contributed by atoms with Crippen LogP contribution < -0.4 is 9.64 Å². The maximum absolute atomic E-state index is 13.4. The van der Waals surface area contributed by atoms with Gasteiger partial charge in [0.1, 0.15) is 11.5 Å². The van der Waals surface area contributed by atoms with Crippen molar-refractivity contribution < 1.29 is 19.4 Å². The van der Waals surface area contributed by atoms with Crippen molar-refractivity contribution in [1.29, 1.82) is 0 Å². The topological polar surface area (TPSA) is 71.8 Å². The summed E-state index contributed by atoms with van der Waals surface area (Å²) in [5.41, 5.74) is 2.77. The van der Waals surface area contributed by atoms with Crippen LogP contribution in [0, 0.1) is 0 Å². The van der Waals surface area contributed by atoms with Gasteiger partial charge in [0.05, 0.1) is 18.7 Å². The molecule has 7 heteroatoms. The van der Waals surface area contributed by atoms with Gasteiger partial charge < -0.3 is 14.4 Å². The van der Waals surface area contributed by atoms with Gasteiger partial charge >= 0.3 is 0 Å². The Kier molecular flexibility index (Phi) is 5.49. The Bertz CT molecular complexity index is 1450. The Morgan fingerprint density at radius 3 is 2.32 bits per heavy atom. The third-order valence-corrected chi connectivity index (χ3v) is 6.66. The van der Waals surface area contributed by atoms with Crippen molar-refractivity contribution in [3.05, 3.63) is 100 Å². The summed E-state index contributed by atoms with van der Waals surface area (Å²) >= 11 is 3.39. The van der Waals surface area contributed by atoms with Crippen molar-refractivity contribution in [3.8, 4) is 5.75 Å². The molecule has 1 aromatic heterocycles. The molecule has 34 heavy (non-hydrogen) atoms. The lowest BCUT2D eigenvalue weighted by Gasteiger charge is -2.25. The molecule has 1 saturated heterocycles. The van der Waals surface area contributed by atoms with Crippen LogP contribution in [0.5, 0.6) is 5.75 Å². The zero-order valence-electron chi connectivity index (χ0n) is 18.5. The van der Waals surface area contributed by atoms with E-state index in [-0.39, 0.29) is 11.3 Å². The Balaban J connectivity index is 1.78. The van der Waals surface area contributed by atoms with E-state index in [2.05, 4.69) is 15.9 Å². The summed E-state index contributed by atoms with van der Waals surface area (Å²) in [6.45, 7) is 0. The van der Waals surface area contributed by atoms with E-state index in [0.29, 0.717) is 17.0 Å². The minimum Gasteiger partial charge on any atom is -0.507 e.